The molecule has 152 valence electrons. The molecule has 0 saturated carbocycles. The van der Waals surface area contributed by atoms with E-state index in [4.69, 9.17) is 21.1 Å². The number of aryl methyl sites for hydroxylation is 1. The minimum atomic E-state index is 0.345. The second-order valence-corrected chi connectivity index (χ2v) is 8.25. The molecule has 0 radical (unpaired) electrons. The third-order valence-electron chi connectivity index (χ3n) is 4.46. The second kappa shape index (κ2) is 10.5. The van der Waals surface area contributed by atoms with Gasteiger partial charge in [0.2, 0.25) is 0 Å². The van der Waals surface area contributed by atoms with Gasteiger partial charge in [-0.25, -0.2) is 0 Å². The van der Waals surface area contributed by atoms with E-state index in [1.54, 1.807) is 0 Å². The van der Waals surface area contributed by atoms with Gasteiger partial charge in [0.25, 0.3) is 0 Å². The maximum absolute atomic E-state index is 9.65. The maximum atomic E-state index is 9.65. The van der Waals surface area contributed by atoms with Crippen molar-refractivity contribution in [1.29, 1.82) is 5.26 Å². The number of allylic oxidation sites excluding steroid dienone is 1. The zero-order valence-corrected chi connectivity index (χ0v) is 19.7. The molecule has 0 atom stereocenters. The Labute approximate surface area is 196 Å². The second-order valence-electron chi connectivity index (χ2n) is 6.68. The van der Waals surface area contributed by atoms with Gasteiger partial charge in [0.05, 0.1) is 21.8 Å². The molecule has 3 rings (SSSR count). The number of nitriles is 1. The van der Waals surface area contributed by atoms with Gasteiger partial charge in [0.15, 0.2) is 11.5 Å². The number of hydrogen-bond acceptors (Lipinski definition) is 3. The van der Waals surface area contributed by atoms with Crippen molar-refractivity contribution in [2.45, 2.75) is 20.5 Å². The summed E-state index contributed by atoms with van der Waals surface area (Å²) in [6.45, 7) is 4.81. The molecular formula is C25H21ClINO2. The lowest BCUT2D eigenvalue weighted by Crippen LogP contribution is -2.02. The van der Waals surface area contributed by atoms with E-state index in [-0.39, 0.29) is 0 Å². The number of halogens is 2. The first kappa shape index (κ1) is 22.2. The van der Waals surface area contributed by atoms with Crippen LogP contribution in [0.15, 0.2) is 60.7 Å². The summed E-state index contributed by atoms with van der Waals surface area (Å²) in [5, 5.41) is 10.3. The zero-order valence-electron chi connectivity index (χ0n) is 16.8. The summed E-state index contributed by atoms with van der Waals surface area (Å²) in [6.07, 6.45) is 1.87. The molecule has 0 saturated heterocycles. The summed E-state index contributed by atoms with van der Waals surface area (Å²) in [4.78, 5) is 0. The van der Waals surface area contributed by atoms with E-state index in [0.29, 0.717) is 35.3 Å². The Morgan fingerprint density at radius 3 is 2.50 bits per heavy atom. The lowest BCUT2D eigenvalue weighted by atomic mass is 10.0. The average Bonchev–Trinajstić information content (AvgIpc) is 2.73. The molecule has 5 heteroatoms. The van der Waals surface area contributed by atoms with Crippen LogP contribution in [0.2, 0.25) is 5.02 Å². The zero-order chi connectivity index (χ0) is 21.5. The van der Waals surface area contributed by atoms with Gasteiger partial charge in [0.1, 0.15) is 6.61 Å². The molecule has 0 aliphatic carbocycles. The van der Waals surface area contributed by atoms with Crippen molar-refractivity contribution in [2.24, 2.45) is 0 Å². The Morgan fingerprint density at radius 2 is 1.83 bits per heavy atom. The predicted octanol–water partition coefficient (Wildman–Crippen LogP) is 7.29. The van der Waals surface area contributed by atoms with Crippen molar-refractivity contribution < 1.29 is 9.47 Å². The Morgan fingerprint density at radius 1 is 1.10 bits per heavy atom. The highest BCUT2D eigenvalue weighted by Gasteiger charge is 2.13. The molecule has 3 nitrogen and oxygen atoms in total. The van der Waals surface area contributed by atoms with Crippen LogP contribution in [0.5, 0.6) is 11.5 Å². The van der Waals surface area contributed by atoms with E-state index in [0.717, 1.165) is 25.8 Å². The molecular weight excluding hydrogens is 509 g/mol. The van der Waals surface area contributed by atoms with Crippen LogP contribution >= 0.6 is 34.2 Å². The largest absolute Gasteiger partial charge is 0.490 e. The fraction of sp³-hybridized carbons (Fsp3) is 0.160. The van der Waals surface area contributed by atoms with Crippen molar-refractivity contribution in [3.63, 3.8) is 0 Å². The van der Waals surface area contributed by atoms with Crippen molar-refractivity contribution in [3.8, 4) is 17.6 Å². The fourth-order valence-corrected chi connectivity index (χ4v) is 3.89. The first-order valence-electron chi connectivity index (χ1n) is 9.53. The van der Waals surface area contributed by atoms with Gasteiger partial charge >= 0.3 is 0 Å². The van der Waals surface area contributed by atoms with Gasteiger partial charge in [-0.1, -0.05) is 59.6 Å². The fourth-order valence-electron chi connectivity index (χ4n) is 2.92. The number of benzene rings is 3. The van der Waals surface area contributed by atoms with Crippen molar-refractivity contribution in [2.75, 3.05) is 6.61 Å². The highest BCUT2D eigenvalue weighted by atomic mass is 127. The Bertz CT molecular complexity index is 1100. The van der Waals surface area contributed by atoms with E-state index in [1.807, 2.05) is 80.6 Å². The van der Waals surface area contributed by atoms with Crippen molar-refractivity contribution >= 4 is 45.8 Å². The van der Waals surface area contributed by atoms with Crippen LogP contribution in [0.25, 0.3) is 11.6 Å². The number of nitrogens with zero attached hydrogens (tertiary/aromatic N) is 1. The molecule has 0 unspecified atom stereocenters. The van der Waals surface area contributed by atoms with Crippen LogP contribution in [-0.2, 0) is 6.61 Å². The molecule has 0 spiro atoms. The minimum Gasteiger partial charge on any atom is -0.490 e. The van der Waals surface area contributed by atoms with E-state index >= 15 is 0 Å². The summed E-state index contributed by atoms with van der Waals surface area (Å²) in [5.74, 6) is 1.31. The number of ether oxygens (including phenoxy) is 2. The van der Waals surface area contributed by atoms with Crippen LogP contribution in [0.3, 0.4) is 0 Å². The molecule has 0 N–H and O–H groups in total. The van der Waals surface area contributed by atoms with E-state index < -0.39 is 0 Å². The molecule has 0 fully saturated rings. The summed E-state index contributed by atoms with van der Waals surface area (Å²) in [6, 6.07) is 21.7. The quantitative estimate of drug-likeness (QED) is 0.183. The standard InChI is InChI=1S/C25H21ClINO2/c1-3-29-24-14-18(12-21(15-28)19-10-8-17(2)9-11-19)13-23(27)25(24)30-16-20-6-4-5-7-22(20)26/h4-14H,3,16H2,1-2H3. The van der Waals surface area contributed by atoms with Crippen LogP contribution in [0.1, 0.15) is 29.2 Å². The molecule has 0 bridgehead atoms. The maximum Gasteiger partial charge on any atom is 0.175 e. The molecule has 0 aromatic heterocycles. The Kier molecular flexibility index (Phi) is 7.78. The summed E-state index contributed by atoms with van der Waals surface area (Å²) >= 11 is 8.48. The normalized spacial score (nSPS) is 11.1. The third-order valence-corrected chi connectivity index (χ3v) is 5.63. The van der Waals surface area contributed by atoms with Crippen LogP contribution in [0.4, 0.5) is 0 Å². The van der Waals surface area contributed by atoms with Gasteiger partial charge in [-0.05, 0) is 71.8 Å². The molecule has 3 aromatic rings. The van der Waals surface area contributed by atoms with Crippen LogP contribution < -0.4 is 9.47 Å². The lowest BCUT2D eigenvalue weighted by Gasteiger charge is -2.15. The molecule has 0 amide bonds. The van der Waals surface area contributed by atoms with Crippen molar-refractivity contribution in [1.82, 2.24) is 0 Å². The molecule has 0 aliphatic rings. The summed E-state index contributed by atoms with van der Waals surface area (Å²) < 4.78 is 12.8. The summed E-state index contributed by atoms with van der Waals surface area (Å²) in [5.41, 5.74) is 4.43. The Hall–Kier alpha value is -2.49. The van der Waals surface area contributed by atoms with Crippen LogP contribution in [-0.4, -0.2) is 6.61 Å². The average molecular weight is 530 g/mol. The van der Waals surface area contributed by atoms with Gasteiger partial charge < -0.3 is 9.47 Å². The van der Waals surface area contributed by atoms with E-state index in [2.05, 4.69) is 28.7 Å². The SMILES string of the molecule is CCOc1cc(C=C(C#N)c2ccc(C)cc2)cc(I)c1OCc1ccccc1Cl. The Balaban J connectivity index is 1.93. The first-order valence-corrected chi connectivity index (χ1v) is 11.0. The molecule has 30 heavy (non-hydrogen) atoms. The third kappa shape index (κ3) is 5.56. The van der Waals surface area contributed by atoms with Gasteiger partial charge in [-0.2, -0.15) is 5.26 Å². The first-order chi connectivity index (χ1) is 14.5. The van der Waals surface area contributed by atoms with Gasteiger partial charge in [-0.3, -0.25) is 0 Å². The van der Waals surface area contributed by atoms with Gasteiger partial charge in [0, 0.05) is 10.6 Å². The monoisotopic (exact) mass is 529 g/mol. The van der Waals surface area contributed by atoms with E-state index in [1.165, 1.54) is 0 Å². The topological polar surface area (TPSA) is 42.2 Å². The number of hydrogen-bond donors (Lipinski definition) is 0. The summed E-state index contributed by atoms with van der Waals surface area (Å²) in [7, 11) is 0. The molecule has 0 aliphatic heterocycles. The minimum absolute atomic E-state index is 0.345. The van der Waals surface area contributed by atoms with E-state index in [9.17, 15) is 5.26 Å². The highest BCUT2D eigenvalue weighted by molar-refractivity contribution is 14.1. The van der Waals surface area contributed by atoms with Gasteiger partial charge in [-0.15, -0.1) is 0 Å². The van der Waals surface area contributed by atoms with Crippen LogP contribution in [0, 0.1) is 21.8 Å². The van der Waals surface area contributed by atoms with Crippen molar-refractivity contribution in [3.05, 3.63) is 91.5 Å². The smallest absolute Gasteiger partial charge is 0.175 e. The lowest BCUT2D eigenvalue weighted by molar-refractivity contribution is 0.267. The molecule has 0 heterocycles. The predicted molar refractivity (Wildman–Crippen MR) is 131 cm³/mol. The number of rotatable bonds is 7. The highest BCUT2D eigenvalue weighted by Crippen LogP contribution is 2.36. The molecule has 3 aromatic carbocycles.